The molecule has 0 atom stereocenters. The third-order valence-corrected chi connectivity index (χ3v) is 4.63. The van der Waals surface area contributed by atoms with E-state index in [0.717, 1.165) is 66.7 Å². The standard InChI is InChI=1S/C20H23N5O2/c1-14-2-3-15(12-21-14)10-20(26)22-16-4-5-17-18(11-16)24-19(23-17)13-25-6-8-27-9-7-25/h2-5,11-12H,6-10,13H2,1H3,(H,22,26)(H,23,24). The molecule has 7 heteroatoms. The van der Waals surface area contributed by atoms with Gasteiger partial charge in [-0.05, 0) is 36.8 Å². The zero-order valence-electron chi connectivity index (χ0n) is 15.4. The predicted molar refractivity (Wildman–Crippen MR) is 103 cm³/mol. The Balaban J connectivity index is 1.41. The van der Waals surface area contributed by atoms with E-state index >= 15 is 0 Å². The molecule has 0 radical (unpaired) electrons. The molecule has 0 saturated carbocycles. The molecule has 3 heterocycles. The summed E-state index contributed by atoms with van der Waals surface area (Å²) in [6.45, 7) is 6.09. The van der Waals surface area contributed by atoms with E-state index in [1.54, 1.807) is 6.20 Å². The van der Waals surface area contributed by atoms with Crippen LogP contribution in [0.5, 0.6) is 0 Å². The number of hydrogen-bond acceptors (Lipinski definition) is 5. The van der Waals surface area contributed by atoms with Crippen LogP contribution in [0.15, 0.2) is 36.5 Å². The number of nitrogens with one attached hydrogen (secondary N) is 2. The summed E-state index contributed by atoms with van der Waals surface area (Å²) in [6.07, 6.45) is 2.04. The molecular weight excluding hydrogens is 342 g/mol. The zero-order chi connectivity index (χ0) is 18.6. The van der Waals surface area contributed by atoms with Crippen molar-refractivity contribution in [3.05, 3.63) is 53.6 Å². The molecular formula is C20H23N5O2. The normalized spacial score (nSPS) is 15.1. The fourth-order valence-corrected chi connectivity index (χ4v) is 3.18. The van der Waals surface area contributed by atoms with Crippen LogP contribution in [0, 0.1) is 6.92 Å². The van der Waals surface area contributed by atoms with Gasteiger partial charge < -0.3 is 15.0 Å². The predicted octanol–water partition coefficient (Wildman–Crippen LogP) is 2.28. The molecule has 1 fully saturated rings. The van der Waals surface area contributed by atoms with E-state index in [9.17, 15) is 4.79 Å². The van der Waals surface area contributed by atoms with Crippen LogP contribution in [0.2, 0.25) is 0 Å². The molecule has 0 aliphatic carbocycles. The van der Waals surface area contributed by atoms with Gasteiger partial charge in [-0.15, -0.1) is 0 Å². The van der Waals surface area contributed by atoms with Crippen LogP contribution in [0.4, 0.5) is 5.69 Å². The summed E-state index contributed by atoms with van der Waals surface area (Å²) in [7, 11) is 0. The Bertz CT molecular complexity index is 929. The molecule has 27 heavy (non-hydrogen) atoms. The molecule has 1 aliphatic heterocycles. The van der Waals surface area contributed by atoms with Crippen molar-refractivity contribution in [2.75, 3.05) is 31.6 Å². The maximum Gasteiger partial charge on any atom is 0.228 e. The van der Waals surface area contributed by atoms with E-state index in [2.05, 4.69) is 25.2 Å². The van der Waals surface area contributed by atoms with Crippen molar-refractivity contribution in [3.63, 3.8) is 0 Å². The Morgan fingerprint density at radius 1 is 1.26 bits per heavy atom. The van der Waals surface area contributed by atoms with Crippen LogP contribution < -0.4 is 5.32 Å². The highest BCUT2D eigenvalue weighted by Crippen LogP contribution is 2.18. The SMILES string of the molecule is Cc1ccc(CC(=O)Nc2ccc3nc(CN4CCOCC4)[nH]c3c2)cn1. The number of imidazole rings is 1. The van der Waals surface area contributed by atoms with Crippen molar-refractivity contribution in [3.8, 4) is 0 Å². The van der Waals surface area contributed by atoms with Crippen molar-refractivity contribution in [1.29, 1.82) is 0 Å². The number of nitrogens with zero attached hydrogens (tertiary/aromatic N) is 3. The molecule has 1 saturated heterocycles. The zero-order valence-corrected chi connectivity index (χ0v) is 15.4. The molecule has 1 aromatic carbocycles. The van der Waals surface area contributed by atoms with Crippen LogP contribution in [0.1, 0.15) is 17.1 Å². The number of benzene rings is 1. The van der Waals surface area contributed by atoms with Crippen molar-refractivity contribution in [2.24, 2.45) is 0 Å². The van der Waals surface area contributed by atoms with Crippen LogP contribution in [0.25, 0.3) is 11.0 Å². The quantitative estimate of drug-likeness (QED) is 0.725. The topological polar surface area (TPSA) is 83.1 Å². The highest BCUT2D eigenvalue weighted by atomic mass is 16.5. The Morgan fingerprint density at radius 2 is 2.11 bits per heavy atom. The minimum atomic E-state index is -0.0620. The van der Waals surface area contributed by atoms with E-state index in [-0.39, 0.29) is 5.91 Å². The number of fused-ring (bicyclic) bond motifs is 1. The number of carbonyl (C=O) groups excluding carboxylic acids is 1. The molecule has 0 spiro atoms. The molecule has 2 N–H and O–H groups in total. The first-order chi connectivity index (χ1) is 13.2. The van der Waals surface area contributed by atoms with Gasteiger partial charge in [-0.25, -0.2) is 4.98 Å². The molecule has 0 bridgehead atoms. The second-order valence-electron chi connectivity index (χ2n) is 6.84. The van der Waals surface area contributed by atoms with Gasteiger partial charge in [0.1, 0.15) is 5.82 Å². The van der Waals surface area contributed by atoms with Crippen molar-refractivity contribution >= 4 is 22.6 Å². The number of ether oxygens (including phenoxy) is 1. The Hall–Kier alpha value is -2.77. The fraction of sp³-hybridized carbons (Fsp3) is 0.350. The Morgan fingerprint density at radius 3 is 2.89 bits per heavy atom. The van der Waals surface area contributed by atoms with Crippen LogP contribution in [-0.2, 0) is 22.5 Å². The monoisotopic (exact) mass is 365 g/mol. The number of hydrogen-bond donors (Lipinski definition) is 2. The Kier molecular flexibility index (Phi) is 5.13. The van der Waals surface area contributed by atoms with E-state index < -0.39 is 0 Å². The lowest BCUT2D eigenvalue weighted by molar-refractivity contribution is -0.115. The number of carbonyl (C=O) groups is 1. The number of anilines is 1. The van der Waals surface area contributed by atoms with Gasteiger partial charge in [0.15, 0.2) is 0 Å². The number of amides is 1. The summed E-state index contributed by atoms with van der Waals surface area (Å²) >= 11 is 0. The third-order valence-electron chi connectivity index (χ3n) is 4.63. The minimum Gasteiger partial charge on any atom is -0.379 e. The van der Waals surface area contributed by atoms with Crippen LogP contribution >= 0.6 is 0 Å². The molecule has 7 nitrogen and oxygen atoms in total. The summed E-state index contributed by atoms with van der Waals surface area (Å²) in [5, 5.41) is 2.95. The smallest absolute Gasteiger partial charge is 0.228 e. The second kappa shape index (κ2) is 7.85. The first-order valence-corrected chi connectivity index (χ1v) is 9.16. The summed E-state index contributed by atoms with van der Waals surface area (Å²) in [5.74, 6) is 0.870. The molecule has 140 valence electrons. The van der Waals surface area contributed by atoms with Crippen LogP contribution in [0.3, 0.4) is 0 Å². The molecule has 1 aliphatic rings. The van der Waals surface area contributed by atoms with Crippen molar-refractivity contribution < 1.29 is 9.53 Å². The first kappa shape index (κ1) is 17.6. The molecule has 4 rings (SSSR count). The molecule has 0 unspecified atom stereocenters. The average molecular weight is 365 g/mol. The van der Waals surface area contributed by atoms with Crippen molar-refractivity contribution in [1.82, 2.24) is 19.9 Å². The van der Waals surface area contributed by atoms with Gasteiger partial charge in [-0.3, -0.25) is 14.7 Å². The maximum atomic E-state index is 12.3. The van der Waals surface area contributed by atoms with Gasteiger partial charge in [0.05, 0.1) is 37.2 Å². The lowest BCUT2D eigenvalue weighted by Gasteiger charge is -2.25. The summed E-state index contributed by atoms with van der Waals surface area (Å²) < 4.78 is 5.38. The summed E-state index contributed by atoms with van der Waals surface area (Å²) in [4.78, 5) is 26.8. The number of morpholine rings is 1. The van der Waals surface area contributed by atoms with E-state index in [1.165, 1.54) is 0 Å². The number of H-pyrrole nitrogens is 1. The van der Waals surface area contributed by atoms with Gasteiger partial charge in [0, 0.05) is 30.7 Å². The van der Waals surface area contributed by atoms with Gasteiger partial charge in [-0.2, -0.15) is 0 Å². The lowest BCUT2D eigenvalue weighted by atomic mass is 10.2. The molecule has 2 aromatic heterocycles. The molecule has 3 aromatic rings. The van der Waals surface area contributed by atoms with E-state index in [0.29, 0.717) is 6.42 Å². The number of rotatable bonds is 5. The highest BCUT2D eigenvalue weighted by Gasteiger charge is 2.13. The van der Waals surface area contributed by atoms with Gasteiger partial charge in [-0.1, -0.05) is 6.07 Å². The number of pyridine rings is 1. The average Bonchev–Trinajstić information content (AvgIpc) is 3.06. The second-order valence-corrected chi connectivity index (χ2v) is 6.84. The largest absolute Gasteiger partial charge is 0.379 e. The summed E-state index contributed by atoms with van der Waals surface area (Å²) in [5.41, 5.74) is 4.42. The highest BCUT2D eigenvalue weighted by molar-refractivity contribution is 5.94. The fourth-order valence-electron chi connectivity index (χ4n) is 3.18. The Labute approximate surface area is 157 Å². The van der Waals surface area contributed by atoms with Gasteiger partial charge in [0.25, 0.3) is 0 Å². The molecule has 1 amide bonds. The lowest BCUT2D eigenvalue weighted by Crippen LogP contribution is -2.35. The summed E-state index contributed by atoms with van der Waals surface area (Å²) in [6, 6.07) is 9.58. The minimum absolute atomic E-state index is 0.0620. The number of aromatic nitrogens is 3. The van der Waals surface area contributed by atoms with Gasteiger partial charge >= 0.3 is 0 Å². The van der Waals surface area contributed by atoms with Gasteiger partial charge in [0.2, 0.25) is 5.91 Å². The van der Waals surface area contributed by atoms with Crippen LogP contribution in [-0.4, -0.2) is 52.1 Å². The van der Waals surface area contributed by atoms with E-state index in [4.69, 9.17) is 4.74 Å². The first-order valence-electron chi connectivity index (χ1n) is 9.16. The van der Waals surface area contributed by atoms with E-state index in [1.807, 2.05) is 37.3 Å². The van der Waals surface area contributed by atoms with Crippen molar-refractivity contribution in [2.45, 2.75) is 19.9 Å². The third kappa shape index (κ3) is 4.50. The number of aryl methyl sites for hydroxylation is 1. The number of aromatic amines is 1. The maximum absolute atomic E-state index is 12.3.